The maximum atomic E-state index is 4.34. The SMILES string of the molecule is CCNC(Cn1ccnc1CC)C(C)C. The summed E-state index contributed by atoms with van der Waals surface area (Å²) in [5.41, 5.74) is 0. The number of nitrogens with one attached hydrogen (secondary N) is 1. The Balaban J connectivity index is 2.65. The van der Waals surface area contributed by atoms with Crippen LogP contribution in [0.25, 0.3) is 0 Å². The molecule has 1 heterocycles. The van der Waals surface area contributed by atoms with Gasteiger partial charge in [-0.3, -0.25) is 0 Å². The zero-order chi connectivity index (χ0) is 11.3. The van der Waals surface area contributed by atoms with Gasteiger partial charge >= 0.3 is 0 Å². The van der Waals surface area contributed by atoms with Gasteiger partial charge in [-0.15, -0.1) is 0 Å². The van der Waals surface area contributed by atoms with E-state index in [1.165, 1.54) is 5.82 Å². The van der Waals surface area contributed by atoms with E-state index in [0.717, 1.165) is 19.5 Å². The average Bonchev–Trinajstić information content (AvgIpc) is 2.64. The Morgan fingerprint density at radius 2 is 2.13 bits per heavy atom. The van der Waals surface area contributed by atoms with Crippen molar-refractivity contribution in [2.75, 3.05) is 6.54 Å². The molecule has 0 aromatic carbocycles. The molecule has 3 heteroatoms. The van der Waals surface area contributed by atoms with Gasteiger partial charge < -0.3 is 9.88 Å². The predicted octanol–water partition coefficient (Wildman–Crippen LogP) is 2.08. The van der Waals surface area contributed by atoms with Crippen LogP contribution < -0.4 is 5.32 Å². The van der Waals surface area contributed by atoms with Crippen molar-refractivity contribution in [3.8, 4) is 0 Å². The van der Waals surface area contributed by atoms with Crippen molar-refractivity contribution in [3.05, 3.63) is 18.2 Å². The van der Waals surface area contributed by atoms with E-state index in [1.807, 2.05) is 6.20 Å². The van der Waals surface area contributed by atoms with Crippen LogP contribution in [0.1, 0.15) is 33.5 Å². The van der Waals surface area contributed by atoms with E-state index in [2.05, 4.69) is 48.8 Å². The molecule has 0 aliphatic rings. The highest BCUT2D eigenvalue weighted by Crippen LogP contribution is 2.07. The van der Waals surface area contributed by atoms with Crippen LogP contribution in [-0.4, -0.2) is 22.1 Å². The molecular formula is C12H23N3. The Morgan fingerprint density at radius 3 is 2.67 bits per heavy atom. The summed E-state index contributed by atoms with van der Waals surface area (Å²) in [6, 6.07) is 0.537. The molecule has 1 aromatic rings. The van der Waals surface area contributed by atoms with Gasteiger partial charge in [0, 0.05) is 31.4 Å². The van der Waals surface area contributed by atoms with Crippen LogP contribution in [0, 0.1) is 5.92 Å². The van der Waals surface area contributed by atoms with Crippen LogP contribution in [0.4, 0.5) is 0 Å². The maximum Gasteiger partial charge on any atom is 0.108 e. The summed E-state index contributed by atoms with van der Waals surface area (Å²) in [5.74, 6) is 1.83. The summed E-state index contributed by atoms with van der Waals surface area (Å²) in [7, 11) is 0. The molecule has 0 saturated carbocycles. The molecule has 0 saturated heterocycles. The number of hydrogen-bond acceptors (Lipinski definition) is 2. The van der Waals surface area contributed by atoms with Crippen molar-refractivity contribution >= 4 is 0 Å². The highest BCUT2D eigenvalue weighted by atomic mass is 15.1. The first-order valence-corrected chi connectivity index (χ1v) is 5.92. The monoisotopic (exact) mass is 209 g/mol. The van der Waals surface area contributed by atoms with E-state index in [-0.39, 0.29) is 0 Å². The number of hydrogen-bond donors (Lipinski definition) is 1. The molecular weight excluding hydrogens is 186 g/mol. The van der Waals surface area contributed by atoms with Gasteiger partial charge in [0.25, 0.3) is 0 Å². The molecule has 0 fully saturated rings. The Kier molecular flexibility index (Phi) is 4.82. The zero-order valence-electron chi connectivity index (χ0n) is 10.3. The normalized spacial score (nSPS) is 13.4. The molecule has 0 aliphatic carbocycles. The molecule has 1 rings (SSSR count). The van der Waals surface area contributed by atoms with Crippen molar-refractivity contribution in [3.63, 3.8) is 0 Å². The fraction of sp³-hybridized carbons (Fsp3) is 0.750. The second-order valence-corrected chi connectivity index (χ2v) is 4.26. The second kappa shape index (κ2) is 5.91. The van der Waals surface area contributed by atoms with Gasteiger partial charge in [0.05, 0.1) is 0 Å². The third-order valence-corrected chi connectivity index (χ3v) is 2.78. The highest BCUT2D eigenvalue weighted by Gasteiger charge is 2.13. The lowest BCUT2D eigenvalue weighted by Gasteiger charge is -2.23. The van der Waals surface area contributed by atoms with Gasteiger partial charge in [-0.1, -0.05) is 27.7 Å². The van der Waals surface area contributed by atoms with Crippen LogP contribution in [0.2, 0.25) is 0 Å². The second-order valence-electron chi connectivity index (χ2n) is 4.26. The Hall–Kier alpha value is -0.830. The van der Waals surface area contributed by atoms with Crippen molar-refractivity contribution in [1.29, 1.82) is 0 Å². The van der Waals surface area contributed by atoms with E-state index < -0.39 is 0 Å². The molecule has 0 aliphatic heterocycles. The lowest BCUT2D eigenvalue weighted by molar-refractivity contribution is 0.358. The van der Waals surface area contributed by atoms with Gasteiger partial charge in [0.1, 0.15) is 5.82 Å². The minimum atomic E-state index is 0.537. The molecule has 1 N–H and O–H groups in total. The smallest absolute Gasteiger partial charge is 0.108 e. The van der Waals surface area contributed by atoms with Crippen LogP contribution in [-0.2, 0) is 13.0 Å². The van der Waals surface area contributed by atoms with Crippen LogP contribution in [0.15, 0.2) is 12.4 Å². The standard InChI is InChI=1S/C12H23N3/c1-5-12-14-7-8-15(12)9-11(10(3)4)13-6-2/h7-8,10-11,13H,5-6,9H2,1-4H3. The van der Waals surface area contributed by atoms with Crippen LogP contribution in [0.5, 0.6) is 0 Å². The number of rotatable bonds is 6. The van der Waals surface area contributed by atoms with E-state index in [4.69, 9.17) is 0 Å². The summed E-state index contributed by atoms with van der Waals surface area (Å²) >= 11 is 0. The quantitative estimate of drug-likeness (QED) is 0.777. The third kappa shape index (κ3) is 3.34. The molecule has 3 nitrogen and oxygen atoms in total. The van der Waals surface area contributed by atoms with Gasteiger partial charge in [-0.05, 0) is 12.5 Å². The largest absolute Gasteiger partial charge is 0.333 e. The highest BCUT2D eigenvalue weighted by molar-refractivity contribution is 4.93. The van der Waals surface area contributed by atoms with Crippen LogP contribution >= 0.6 is 0 Å². The van der Waals surface area contributed by atoms with E-state index in [9.17, 15) is 0 Å². The van der Waals surface area contributed by atoms with Gasteiger partial charge in [0.15, 0.2) is 0 Å². The van der Waals surface area contributed by atoms with E-state index in [1.54, 1.807) is 0 Å². The summed E-state index contributed by atoms with van der Waals surface area (Å²) in [6.45, 7) is 10.9. The minimum Gasteiger partial charge on any atom is -0.333 e. The summed E-state index contributed by atoms with van der Waals surface area (Å²) in [5, 5.41) is 3.52. The molecule has 0 amide bonds. The number of aryl methyl sites for hydroxylation is 1. The number of nitrogens with zero attached hydrogens (tertiary/aromatic N) is 2. The molecule has 1 aromatic heterocycles. The minimum absolute atomic E-state index is 0.537. The van der Waals surface area contributed by atoms with Crippen LogP contribution in [0.3, 0.4) is 0 Å². The number of aromatic nitrogens is 2. The fourth-order valence-electron chi connectivity index (χ4n) is 1.81. The first-order valence-electron chi connectivity index (χ1n) is 5.92. The zero-order valence-corrected chi connectivity index (χ0v) is 10.3. The summed E-state index contributed by atoms with van der Waals surface area (Å²) < 4.78 is 2.26. The lowest BCUT2D eigenvalue weighted by Crippen LogP contribution is -2.37. The number of likely N-dealkylation sites (N-methyl/N-ethyl adjacent to an activating group) is 1. The predicted molar refractivity (Wildman–Crippen MR) is 63.9 cm³/mol. The van der Waals surface area contributed by atoms with Crippen molar-refractivity contribution in [2.24, 2.45) is 5.92 Å². The first-order chi connectivity index (χ1) is 7.19. The third-order valence-electron chi connectivity index (χ3n) is 2.78. The summed E-state index contributed by atoms with van der Waals surface area (Å²) in [6.07, 6.45) is 4.97. The summed E-state index contributed by atoms with van der Waals surface area (Å²) in [4.78, 5) is 4.34. The van der Waals surface area contributed by atoms with Crippen molar-refractivity contribution in [1.82, 2.24) is 14.9 Å². The Morgan fingerprint density at radius 1 is 1.40 bits per heavy atom. The van der Waals surface area contributed by atoms with Gasteiger partial charge in [-0.25, -0.2) is 4.98 Å². The molecule has 1 unspecified atom stereocenters. The molecule has 86 valence electrons. The molecule has 0 radical (unpaired) electrons. The Bertz CT molecular complexity index is 278. The maximum absolute atomic E-state index is 4.34. The first kappa shape index (κ1) is 12.2. The molecule has 0 bridgehead atoms. The number of imidazole rings is 1. The topological polar surface area (TPSA) is 29.9 Å². The Labute approximate surface area is 92.9 Å². The lowest BCUT2D eigenvalue weighted by atomic mass is 10.0. The van der Waals surface area contributed by atoms with E-state index >= 15 is 0 Å². The molecule has 0 spiro atoms. The van der Waals surface area contributed by atoms with Gasteiger partial charge in [0.2, 0.25) is 0 Å². The average molecular weight is 209 g/mol. The fourth-order valence-corrected chi connectivity index (χ4v) is 1.81. The van der Waals surface area contributed by atoms with Crippen molar-refractivity contribution in [2.45, 2.75) is 46.7 Å². The van der Waals surface area contributed by atoms with E-state index in [0.29, 0.717) is 12.0 Å². The van der Waals surface area contributed by atoms with Crippen molar-refractivity contribution < 1.29 is 0 Å². The molecule has 15 heavy (non-hydrogen) atoms. The van der Waals surface area contributed by atoms with Gasteiger partial charge in [-0.2, -0.15) is 0 Å². The molecule has 1 atom stereocenters.